The molecule has 0 spiro atoms. The van der Waals surface area contributed by atoms with Crippen LogP contribution in [0.3, 0.4) is 0 Å². The smallest absolute Gasteiger partial charge is 0.227 e. The van der Waals surface area contributed by atoms with Gasteiger partial charge in [-0.05, 0) is 84.5 Å². The van der Waals surface area contributed by atoms with Gasteiger partial charge in [0.2, 0.25) is 11.8 Å². The fourth-order valence-electron chi connectivity index (χ4n) is 7.81. The number of hydrogen-bond acceptors (Lipinski definition) is 4. The van der Waals surface area contributed by atoms with Gasteiger partial charge in [-0.25, -0.2) is 4.98 Å². The molecule has 2 atom stereocenters. The van der Waals surface area contributed by atoms with Gasteiger partial charge in [0, 0.05) is 25.2 Å². The number of H-pyrrole nitrogens is 1. The fraction of sp³-hybridized carbons (Fsp3) is 0.317. The quantitative estimate of drug-likeness (QED) is 0.187. The highest BCUT2D eigenvalue weighted by Crippen LogP contribution is 2.34. The summed E-state index contributed by atoms with van der Waals surface area (Å²) in [5.74, 6) is 1.24. The molecule has 2 fully saturated rings. The summed E-state index contributed by atoms with van der Waals surface area (Å²) in [5.41, 5.74) is 10.1. The Bertz CT molecular complexity index is 1980. The van der Waals surface area contributed by atoms with Gasteiger partial charge in [0.05, 0.1) is 41.6 Å². The number of aromatic amines is 1. The topological polar surface area (TPSA) is 81.7 Å². The van der Waals surface area contributed by atoms with E-state index < -0.39 is 0 Å². The highest BCUT2D eigenvalue weighted by atomic mass is 16.2. The third-order valence-electron chi connectivity index (χ3n) is 10.3. The Balaban J connectivity index is 0.896. The van der Waals surface area contributed by atoms with Gasteiger partial charge < -0.3 is 14.8 Å². The Kier molecular flexibility index (Phi) is 8.35. The highest BCUT2D eigenvalue weighted by molar-refractivity contribution is 6.00. The van der Waals surface area contributed by atoms with E-state index >= 15 is 0 Å². The summed E-state index contributed by atoms with van der Waals surface area (Å²) >= 11 is 0. The van der Waals surface area contributed by atoms with Crippen LogP contribution in [-0.4, -0.2) is 56.4 Å². The molecule has 0 unspecified atom stereocenters. The van der Waals surface area contributed by atoms with Gasteiger partial charge in [0.1, 0.15) is 5.82 Å². The number of fused-ring (bicyclic) bond motifs is 2. The first-order valence-electron chi connectivity index (χ1n) is 17.4. The van der Waals surface area contributed by atoms with E-state index in [0.29, 0.717) is 12.8 Å². The van der Waals surface area contributed by atoms with Gasteiger partial charge in [0.15, 0.2) is 0 Å². The third-order valence-corrected chi connectivity index (χ3v) is 10.3. The number of aromatic nitrogens is 2. The van der Waals surface area contributed by atoms with Crippen molar-refractivity contribution in [3.05, 3.63) is 131 Å². The minimum atomic E-state index is -0.00567. The Morgan fingerprint density at radius 2 is 1.29 bits per heavy atom. The van der Waals surface area contributed by atoms with E-state index in [0.717, 1.165) is 97.4 Å². The summed E-state index contributed by atoms with van der Waals surface area (Å²) in [6.45, 7) is 1.58. The third kappa shape index (κ3) is 6.29. The minimum absolute atomic E-state index is 0.00567. The lowest BCUT2D eigenvalue weighted by Gasteiger charge is -2.25. The number of aliphatic imine (C=N–C) groups is 1. The van der Waals surface area contributed by atoms with E-state index in [9.17, 15) is 9.59 Å². The number of rotatable bonds is 9. The van der Waals surface area contributed by atoms with Crippen LogP contribution in [-0.2, 0) is 41.7 Å². The van der Waals surface area contributed by atoms with Crippen LogP contribution >= 0.6 is 0 Å². The summed E-state index contributed by atoms with van der Waals surface area (Å²) in [6.07, 6.45) is 7.48. The molecule has 242 valence electrons. The molecule has 5 aromatic rings. The molecule has 0 radical (unpaired) electrons. The Morgan fingerprint density at radius 1 is 0.688 bits per heavy atom. The van der Waals surface area contributed by atoms with E-state index in [2.05, 4.69) is 46.3 Å². The van der Waals surface area contributed by atoms with Crippen molar-refractivity contribution in [1.29, 1.82) is 0 Å². The van der Waals surface area contributed by atoms with Crippen LogP contribution in [0, 0.1) is 0 Å². The van der Waals surface area contributed by atoms with Crippen LogP contribution in [0.2, 0.25) is 0 Å². The van der Waals surface area contributed by atoms with Gasteiger partial charge in [0.25, 0.3) is 0 Å². The zero-order chi connectivity index (χ0) is 32.5. The minimum Gasteiger partial charge on any atom is -0.340 e. The van der Waals surface area contributed by atoms with Gasteiger partial charge in [-0.1, -0.05) is 78.9 Å². The van der Waals surface area contributed by atoms with Gasteiger partial charge >= 0.3 is 0 Å². The molecular formula is C41H41N5O2. The fourth-order valence-corrected chi connectivity index (χ4v) is 7.81. The molecule has 0 bridgehead atoms. The maximum Gasteiger partial charge on any atom is 0.227 e. The number of nitrogens with one attached hydrogen (secondary N) is 1. The molecule has 4 heterocycles. The van der Waals surface area contributed by atoms with Crippen molar-refractivity contribution in [2.24, 2.45) is 4.99 Å². The summed E-state index contributed by atoms with van der Waals surface area (Å²) in [7, 11) is 0. The van der Waals surface area contributed by atoms with E-state index in [-0.39, 0.29) is 23.9 Å². The molecule has 4 aromatic carbocycles. The number of carbonyl (C=O) groups excluding carboxylic acids is 2. The standard InChI is InChI=1S/C41H41N5O2/c47-39(25-28-9-3-1-4-10-28)45-21-7-13-37(45)36-27-32-23-30(17-19-33(32)42-36)15-16-31-18-20-34-35(24-31)44-41(43-34)38-14-8-22-46(38)40(48)26-29-11-5-2-6-12-29/h1-6,9-12,17-20,23-24,37-38H,7-8,13-16,21-22,25-27H2,(H,43,44)/t37-,38-/m0/s1. The number of amides is 2. The molecule has 3 aliphatic heterocycles. The first-order chi connectivity index (χ1) is 23.6. The van der Waals surface area contributed by atoms with Crippen LogP contribution in [0.4, 0.5) is 5.69 Å². The van der Waals surface area contributed by atoms with Crippen molar-refractivity contribution >= 4 is 34.2 Å². The lowest BCUT2D eigenvalue weighted by atomic mass is 9.98. The number of carbonyl (C=O) groups is 2. The van der Waals surface area contributed by atoms with Gasteiger partial charge in [-0.2, -0.15) is 0 Å². The van der Waals surface area contributed by atoms with Crippen LogP contribution in [0.1, 0.15) is 65.4 Å². The van der Waals surface area contributed by atoms with Crippen molar-refractivity contribution in [1.82, 2.24) is 19.8 Å². The highest BCUT2D eigenvalue weighted by Gasteiger charge is 2.35. The molecule has 3 aliphatic rings. The Labute approximate surface area is 281 Å². The Hall–Kier alpha value is -5.04. The normalized spacial score (nSPS) is 18.8. The van der Waals surface area contributed by atoms with E-state index in [4.69, 9.17) is 9.98 Å². The molecule has 7 nitrogen and oxygen atoms in total. The van der Waals surface area contributed by atoms with E-state index in [1.165, 1.54) is 16.7 Å². The average Bonchev–Trinajstić information content (AvgIpc) is 3.93. The summed E-state index contributed by atoms with van der Waals surface area (Å²) in [5, 5.41) is 0. The summed E-state index contributed by atoms with van der Waals surface area (Å²) < 4.78 is 0. The van der Waals surface area contributed by atoms with Gasteiger partial charge in [-0.3, -0.25) is 14.6 Å². The van der Waals surface area contributed by atoms with Crippen molar-refractivity contribution in [3.63, 3.8) is 0 Å². The summed E-state index contributed by atoms with van der Waals surface area (Å²) in [6, 6.07) is 33.3. The molecule has 1 aromatic heterocycles. The number of benzene rings is 4. The molecule has 1 N–H and O–H groups in total. The lowest BCUT2D eigenvalue weighted by molar-refractivity contribution is -0.131. The second kappa shape index (κ2) is 13.2. The monoisotopic (exact) mass is 635 g/mol. The lowest BCUT2D eigenvalue weighted by Crippen LogP contribution is -2.41. The number of imidazole rings is 1. The maximum absolute atomic E-state index is 13.2. The molecule has 0 aliphatic carbocycles. The van der Waals surface area contributed by atoms with Crippen molar-refractivity contribution in [2.75, 3.05) is 13.1 Å². The molecule has 2 saturated heterocycles. The van der Waals surface area contributed by atoms with Crippen LogP contribution in [0.15, 0.2) is 102 Å². The second-order valence-corrected chi connectivity index (χ2v) is 13.5. The molecule has 7 heteroatoms. The molecule has 48 heavy (non-hydrogen) atoms. The molecule has 8 rings (SSSR count). The predicted molar refractivity (Wildman–Crippen MR) is 189 cm³/mol. The predicted octanol–water partition coefficient (Wildman–Crippen LogP) is 7.12. The van der Waals surface area contributed by atoms with Crippen LogP contribution < -0.4 is 0 Å². The molecule has 0 saturated carbocycles. The second-order valence-electron chi connectivity index (χ2n) is 13.5. The average molecular weight is 636 g/mol. The van der Waals surface area contributed by atoms with Gasteiger partial charge in [-0.15, -0.1) is 0 Å². The Morgan fingerprint density at radius 3 is 1.98 bits per heavy atom. The van der Waals surface area contributed by atoms with Crippen LogP contribution in [0.5, 0.6) is 0 Å². The molecular weight excluding hydrogens is 594 g/mol. The van der Waals surface area contributed by atoms with Crippen molar-refractivity contribution in [2.45, 2.75) is 69.9 Å². The van der Waals surface area contributed by atoms with E-state index in [1.54, 1.807) is 0 Å². The first kappa shape index (κ1) is 30.3. The summed E-state index contributed by atoms with van der Waals surface area (Å²) in [4.78, 5) is 44.0. The van der Waals surface area contributed by atoms with Crippen molar-refractivity contribution in [3.8, 4) is 0 Å². The number of hydrogen-bond donors (Lipinski definition) is 1. The number of nitrogens with zero attached hydrogens (tertiary/aromatic N) is 4. The molecule has 2 amide bonds. The van der Waals surface area contributed by atoms with Crippen LogP contribution in [0.25, 0.3) is 11.0 Å². The van der Waals surface area contributed by atoms with Crippen molar-refractivity contribution < 1.29 is 9.59 Å². The maximum atomic E-state index is 13.2. The largest absolute Gasteiger partial charge is 0.340 e. The SMILES string of the molecule is O=C(Cc1ccccc1)N1CCC[C@H]1C1=Nc2ccc(CCc3ccc4nc([C@@H]5CCCN5C(=O)Cc5ccccc5)[nH]c4c3)cc2C1. The zero-order valence-electron chi connectivity index (χ0n) is 27.3. The number of likely N-dealkylation sites (tertiary alicyclic amines) is 2. The zero-order valence-corrected chi connectivity index (χ0v) is 27.3. The number of aryl methyl sites for hydroxylation is 2. The first-order valence-corrected chi connectivity index (χ1v) is 17.4. The van der Waals surface area contributed by atoms with E-state index in [1.807, 2.05) is 65.6 Å².